The summed E-state index contributed by atoms with van der Waals surface area (Å²) in [6, 6.07) is 8.06. The number of pyridine rings is 1. The molecule has 1 amide bonds. The van der Waals surface area contributed by atoms with Gasteiger partial charge in [-0.15, -0.1) is 0 Å². The van der Waals surface area contributed by atoms with E-state index in [1.807, 2.05) is 58.0 Å². The first-order chi connectivity index (χ1) is 22.0. The molecule has 252 valence electrons. The van der Waals surface area contributed by atoms with Gasteiger partial charge in [0.25, 0.3) is 5.56 Å². The van der Waals surface area contributed by atoms with Crippen LogP contribution in [-0.2, 0) is 29.2 Å². The molecule has 0 bridgehead atoms. The van der Waals surface area contributed by atoms with E-state index in [4.69, 9.17) is 0 Å². The highest BCUT2D eigenvalue weighted by Gasteiger charge is 2.36. The summed E-state index contributed by atoms with van der Waals surface area (Å²) < 4.78 is 44.6. The number of carbonyl (C=O) groups excluding carboxylic acids is 1. The van der Waals surface area contributed by atoms with Gasteiger partial charge >= 0.3 is 12.1 Å². The maximum absolute atomic E-state index is 14.2. The van der Waals surface area contributed by atoms with Gasteiger partial charge in [0.2, 0.25) is 5.91 Å². The number of aromatic nitrogens is 3. The second kappa shape index (κ2) is 14.1. The number of alkyl halides is 3. The number of carbonyl (C=O) groups is 2. The molecule has 0 saturated heterocycles. The van der Waals surface area contributed by atoms with E-state index < -0.39 is 47.7 Å². The van der Waals surface area contributed by atoms with Crippen molar-refractivity contribution in [1.82, 2.24) is 24.6 Å². The molecule has 2 N–H and O–H groups in total. The van der Waals surface area contributed by atoms with Gasteiger partial charge < -0.3 is 19.9 Å². The number of carboxylic acids is 1. The predicted molar refractivity (Wildman–Crippen MR) is 175 cm³/mol. The standard InChI is InChI=1S/C35H42F3N5O4/c1-20(2)13-29(43-19-23(11-12-41(5)6)27(16-30(43)44)35(36,37)38)34(47)40-28(17-31(45)46)26-15-24(14-25-18-39-42(7)33(25)26)32-21(3)9-8-10-22(32)4/h8-10,14-16,18-20,28-29H,11-13,17H2,1-7H3,(H,40,47)(H,45,46)/t28-,29-/m1/s1. The lowest BCUT2D eigenvalue weighted by Crippen LogP contribution is -2.40. The highest BCUT2D eigenvalue weighted by Crippen LogP contribution is 2.36. The summed E-state index contributed by atoms with van der Waals surface area (Å²) in [7, 11) is 5.19. The zero-order chi connectivity index (χ0) is 34.8. The van der Waals surface area contributed by atoms with Crippen molar-refractivity contribution in [2.75, 3.05) is 20.6 Å². The number of halogens is 3. The average molecular weight is 654 g/mol. The van der Waals surface area contributed by atoms with Crippen molar-refractivity contribution in [1.29, 1.82) is 0 Å². The normalized spacial score (nSPS) is 13.4. The summed E-state index contributed by atoms with van der Waals surface area (Å²) in [4.78, 5) is 41.4. The van der Waals surface area contributed by atoms with E-state index in [9.17, 15) is 32.7 Å². The van der Waals surface area contributed by atoms with E-state index in [0.29, 0.717) is 23.7 Å². The van der Waals surface area contributed by atoms with Crippen LogP contribution in [0.1, 0.15) is 66.6 Å². The van der Waals surface area contributed by atoms with Crippen molar-refractivity contribution in [3.63, 3.8) is 0 Å². The number of amides is 1. The number of nitrogens with one attached hydrogen (secondary N) is 1. The summed E-state index contributed by atoms with van der Waals surface area (Å²) in [5, 5.41) is 18.0. The Kier molecular flexibility index (Phi) is 10.6. The van der Waals surface area contributed by atoms with Gasteiger partial charge in [-0.25, -0.2) is 0 Å². The minimum atomic E-state index is -4.75. The number of hydrogen-bond acceptors (Lipinski definition) is 5. The van der Waals surface area contributed by atoms with E-state index >= 15 is 0 Å². The van der Waals surface area contributed by atoms with E-state index in [0.717, 1.165) is 38.4 Å². The van der Waals surface area contributed by atoms with Crippen LogP contribution < -0.4 is 10.9 Å². The van der Waals surface area contributed by atoms with E-state index in [-0.39, 0.29) is 24.3 Å². The Morgan fingerprint density at radius 1 is 1.09 bits per heavy atom. The van der Waals surface area contributed by atoms with Crippen molar-refractivity contribution in [3.05, 3.63) is 87.0 Å². The van der Waals surface area contributed by atoms with Gasteiger partial charge in [0, 0.05) is 36.8 Å². The first kappa shape index (κ1) is 35.4. The van der Waals surface area contributed by atoms with Crippen molar-refractivity contribution in [2.45, 2.75) is 65.2 Å². The second-order valence-electron chi connectivity index (χ2n) is 12.9. The van der Waals surface area contributed by atoms with Crippen LogP contribution in [0.4, 0.5) is 13.2 Å². The number of nitrogens with zero attached hydrogens (tertiary/aromatic N) is 4. The zero-order valence-electron chi connectivity index (χ0n) is 27.8. The van der Waals surface area contributed by atoms with Gasteiger partial charge in [-0.05, 0) is 86.7 Å². The molecule has 0 aliphatic rings. The van der Waals surface area contributed by atoms with Crippen LogP contribution in [-0.4, -0.2) is 56.9 Å². The number of fused-ring (bicyclic) bond motifs is 1. The van der Waals surface area contributed by atoms with E-state index in [2.05, 4.69) is 10.4 Å². The minimum absolute atomic E-state index is 0.00334. The molecule has 2 aromatic carbocycles. The summed E-state index contributed by atoms with van der Waals surface area (Å²) in [5.41, 5.74) is 2.87. The third-order valence-corrected chi connectivity index (χ3v) is 8.33. The first-order valence-corrected chi connectivity index (χ1v) is 15.5. The zero-order valence-corrected chi connectivity index (χ0v) is 27.8. The molecule has 47 heavy (non-hydrogen) atoms. The van der Waals surface area contributed by atoms with Crippen LogP contribution in [0.5, 0.6) is 0 Å². The lowest BCUT2D eigenvalue weighted by molar-refractivity contribution is -0.139. The van der Waals surface area contributed by atoms with Gasteiger partial charge in [0.15, 0.2) is 0 Å². The number of aryl methyl sites for hydroxylation is 3. The van der Waals surface area contributed by atoms with Crippen LogP contribution in [0, 0.1) is 19.8 Å². The molecule has 0 radical (unpaired) electrons. The first-order valence-electron chi connectivity index (χ1n) is 15.5. The number of benzene rings is 2. The fourth-order valence-electron chi connectivity index (χ4n) is 6.16. The molecule has 2 aromatic heterocycles. The molecule has 4 rings (SSSR count). The largest absolute Gasteiger partial charge is 0.481 e. The molecule has 12 heteroatoms. The molecule has 0 spiro atoms. The number of rotatable bonds is 12. The third-order valence-electron chi connectivity index (χ3n) is 8.33. The van der Waals surface area contributed by atoms with Gasteiger partial charge in [0.05, 0.1) is 29.7 Å². The predicted octanol–water partition coefficient (Wildman–Crippen LogP) is 6.06. The molecule has 0 saturated carbocycles. The van der Waals surface area contributed by atoms with Crippen molar-refractivity contribution in [3.8, 4) is 11.1 Å². The highest BCUT2D eigenvalue weighted by molar-refractivity contribution is 5.90. The van der Waals surface area contributed by atoms with Crippen molar-refractivity contribution < 1.29 is 27.9 Å². The lowest BCUT2D eigenvalue weighted by atomic mass is 9.90. The molecule has 2 atom stereocenters. The van der Waals surface area contributed by atoms with Gasteiger partial charge in [0.1, 0.15) is 6.04 Å². The smallest absolute Gasteiger partial charge is 0.416 e. The molecule has 4 aromatic rings. The number of hydrogen-bond donors (Lipinski definition) is 2. The van der Waals surface area contributed by atoms with Crippen LogP contribution in [0.15, 0.2) is 53.6 Å². The monoisotopic (exact) mass is 653 g/mol. The van der Waals surface area contributed by atoms with Crippen LogP contribution in [0.3, 0.4) is 0 Å². The molecule has 0 unspecified atom stereocenters. The molecule has 2 heterocycles. The molecule has 0 fully saturated rings. The SMILES string of the molecule is Cc1cccc(C)c1-c1cc([C@@H](CC(=O)O)NC(=O)[C@@H](CC(C)C)n2cc(CCN(C)C)c(C(F)(F)F)cc2=O)c2c(cnn2C)c1. The molecular formula is C35H42F3N5O4. The summed E-state index contributed by atoms with van der Waals surface area (Å²) >= 11 is 0. The summed E-state index contributed by atoms with van der Waals surface area (Å²) in [6.07, 6.45) is -2.29. The maximum Gasteiger partial charge on any atom is 0.416 e. The van der Waals surface area contributed by atoms with Gasteiger partial charge in [-0.1, -0.05) is 32.0 Å². The Morgan fingerprint density at radius 2 is 1.74 bits per heavy atom. The minimum Gasteiger partial charge on any atom is -0.481 e. The average Bonchev–Trinajstić information content (AvgIpc) is 3.33. The highest BCUT2D eigenvalue weighted by atomic mass is 19.4. The Hall–Kier alpha value is -4.45. The molecule has 0 aliphatic heterocycles. The summed E-state index contributed by atoms with van der Waals surface area (Å²) in [6.45, 7) is 7.93. The Balaban J connectivity index is 1.85. The molecule has 0 aliphatic carbocycles. The maximum atomic E-state index is 14.2. The van der Waals surface area contributed by atoms with Crippen LogP contribution in [0.2, 0.25) is 0 Å². The quantitative estimate of drug-likeness (QED) is 0.192. The van der Waals surface area contributed by atoms with Crippen LogP contribution >= 0.6 is 0 Å². The lowest BCUT2D eigenvalue weighted by Gasteiger charge is -2.27. The van der Waals surface area contributed by atoms with Gasteiger partial charge in [-0.2, -0.15) is 18.3 Å². The second-order valence-corrected chi connectivity index (χ2v) is 12.9. The molecule has 9 nitrogen and oxygen atoms in total. The number of carboxylic acid groups (broad SMARTS) is 1. The third kappa shape index (κ3) is 8.10. The fraction of sp³-hybridized carbons (Fsp3) is 0.429. The fourth-order valence-corrected chi connectivity index (χ4v) is 6.16. The van der Waals surface area contributed by atoms with Crippen molar-refractivity contribution >= 4 is 22.8 Å². The Morgan fingerprint density at radius 3 is 2.32 bits per heavy atom. The molecular weight excluding hydrogens is 611 g/mol. The Bertz CT molecular complexity index is 1820. The number of aliphatic carboxylic acids is 1. The topological polar surface area (TPSA) is 109 Å². The van der Waals surface area contributed by atoms with Gasteiger partial charge in [-0.3, -0.25) is 19.1 Å². The number of likely N-dealkylation sites (N-methyl/N-ethyl adjacent to an activating group) is 1. The summed E-state index contributed by atoms with van der Waals surface area (Å²) in [5.74, 6) is -1.96. The van der Waals surface area contributed by atoms with Crippen LogP contribution in [0.25, 0.3) is 22.0 Å². The van der Waals surface area contributed by atoms with E-state index in [1.165, 1.54) is 0 Å². The Labute approximate surface area is 272 Å². The van der Waals surface area contributed by atoms with E-state index in [1.54, 1.807) is 36.9 Å². The van der Waals surface area contributed by atoms with Crippen molar-refractivity contribution in [2.24, 2.45) is 13.0 Å².